The topological polar surface area (TPSA) is 19.6 Å². The molecule has 0 saturated carbocycles. The smallest absolute Gasteiger partial charge is 0.136 e. The van der Waals surface area contributed by atoms with Gasteiger partial charge in [0.15, 0.2) is 0 Å². The second-order valence-electron chi connectivity index (χ2n) is 19.0. The molecule has 0 saturated heterocycles. The maximum absolute atomic E-state index is 6.82. The van der Waals surface area contributed by atoms with Crippen LogP contribution in [0.25, 0.3) is 76.9 Å². The van der Waals surface area contributed by atoms with E-state index in [2.05, 4.69) is 279 Å². The summed E-state index contributed by atoms with van der Waals surface area (Å²) in [7, 11) is 0. The molecule has 3 heteroatoms. The van der Waals surface area contributed by atoms with Crippen LogP contribution in [0.2, 0.25) is 0 Å². The fourth-order valence-corrected chi connectivity index (χ4v) is 9.97. The highest BCUT2D eigenvalue weighted by Gasteiger charge is 2.21. The standard InChI is InChI=1S/C66H50N2O/c1-66(2,3)53-33-27-48(28-34-53)59-24-14-16-26-63(59)67(54-21-11-6-12-22-54)56-37-31-49-41-60-61-42-50-32-38-57(40-52(50)44-65(61)69-64(60)43-51(49)39-56)68(55-35-29-46(30-36-55)45-17-7-4-8-18-45)62-25-15-13-23-58(62)47-19-9-5-10-20-47/h4-44H,1-3H3. The Labute approximate surface area is 403 Å². The Morgan fingerprint density at radius 2 is 0.696 bits per heavy atom. The summed E-state index contributed by atoms with van der Waals surface area (Å²) in [5.41, 5.74) is 16.8. The number of fused-ring (bicyclic) bond motifs is 5. The first-order chi connectivity index (χ1) is 33.8. The van der Waals surface area contributed by atoms with Crippen molar-refractivity contribution in [2.75, 3.05) is 9.80 Å². The molecule has 11 aromatic carbocycles. The monoisotopic (exact) mass is 886 g/mol. The highest BCUT2D eigenvalue weighted by atomic mass is 16.3. The second kappa shape index (κ2) is 17.2. The normalized spacial score (nSPS) is 11.7. The van der Waals surface area contributed by atoms with Crippen molar-refractivity contribution >= 4 is 77.6 Å². The Morgan fingerprint density at radius 1 is 0.304 bits per heavy atom. The number of furan rings is 1. The van der Waals surface area contributed by atoms with Gasteiger partial charge in [-0.25, -0.2) is 0 Å². The van der Waals surface area contributed by atoms with Crippen LogP contribution in [0.3, 0.4) is 0 Å². The zero-order valence-corrected chi connectivity index (χ0v) is 39.0. The van der Waals surface area contributed by atoms with Crippen molar-refractivity contribution in [1.82, 2.24) is 0 Å². The Morgan fingerprint density at radius 3 is 1.20 bits per heavy atom. The quantitative estimate of drug-likeness (QED) is 0.144. The van der Waals surface area contributed by atoms with Crippen LogP contribution in [0.4, 0.5) is 34.1 Å². The summed E-state index contributed by atoms with van der Waals surface area (Å²) in [6.07, 6.45) is 0. The molecule has 1 aromatic heterocycles. The first-order valence-corrected chi connectivity index (χ1v) is 23.8. The zero-order chi connectivity index (χ0) is 46.5. The summed E-state index contributed by atoms with van der Waals surface area (Å²) < 4.78 is 6.82. The van der Waals surface area contributed by atoms with Gasteiger partial charge in [-0.3, -0.25) is 0 Å². The lowest BCUT2D eigenvalue weighted by atomic mass is 9.86. The van der Waals surface area contributed by atoms with Gasteiger partial charge in [0.2, 0.25) is 0 Å². The first-order valence-electron chi connectivity index (χ1n) is 23.8. The van der Waals surface area contributed by atoms with E-state index >= 15 is 0 Å². The number of benzene rings is 11. The molecule has 69 heavy (non-hydrogen) atoms. The van der Waals surface area contributed by atoms with Crippen molar-refractivity contribution in [2.45, 2.75) is 26.2 Å². The molecule has 0 bridgehead atoms. The molecule has 0 amide bonds. The minimum absolute atomic E-state index is 0.0802. The number of anilines is 6. The molecular formula is C66H50N2O. The molecule has 0 spiro atoms. The first kappa shape index (κ1) is 41.7. The van der Waals surface area contributed by atoms with Crippen LogP contribution in [0.5, 0.6) is 0 Å². The average molecular weight is 887 g/mol. The summed E-state index contributed by atoms with van der Waals surface area (Å²) in [6.45, 7) is 6.79. The maximum atomic E-state index is 6.82. The molecule has 0 aliphatic rings. The third-order valence-corrected chi connectivity index (χ3v) is 13.6. The molecule has 330 valence electrons. The molecule has 0 fully saturated rings. The summed E-state index contributed by atoms with van der Waals surface area (Å²) >= 11 is 0. The highest BCUT2D eigenvalue weighted by Crippen LogP contribution is 2.45. The van der Waals surface area contributed by atoms with Crippen molar-refractivity contribution in [1.29, 1.82) is 0 Å². The minimum Gasteiger partial charge on any atom is -0.456 e. The summed E-state index contributed by atoms with van der Waals surface area (Å²) in [6, 6.07) is 89.9. The molecule has 12 rings (SSSR count). The van der Waals surface area contributed by atoms with Gasteiger partial charge in [-0.05, 0) is 140 Å². The van der Waals surface area contributed by atoms with Crippen molar-refractivity contribution in [2.24, 2.45) is 0 Å². The van der Waals surface area contributed by atoms with Crippen molar-refractivity contribution in [3.05, 3.63) is 254 Å². The van der Waals surface area contributed by atoms with Crippen LogP contribution in [0.1, 0.15) is 26.3 Å². The van der Waals surface area contributed by atoms with Crippen LogP contribution in [-0.2, 0) is 5.41 Å². The van der Waals surface area contributed by atoms with Gasteiger partial charge in [0, 0.05) is 44.6 Å². The van der Waals surface area contributed by atoms with E-state index in [0.717, 1.165) is 83.2 Å². The van der Waals surface area contributed by atoms with Gasteiger partial charge < -0.3 is 14.2 Å². The third-order valence-electron chi connectivity index (χ3n) is 13.6. The average Bonchev–Trinajstić information content (AvgIpc) is 3.74. The Bertz CT molecular complexity index is 3790. The highest BCUT2D eigenvalue weighted by molar-refractivity contribution is 6.14. The van der Waals surface area contributed by atoms with Crippen molar-refractivity contribution in [3.8, 4) is 33.4 Å². The molecular weight excluding hydrogens is 837 g/mol. The Hall–Kier alpha value is -8.66. The van der Waals surface area contributed by atoms with E-state index in [0.29, 0.717) is 0 Å². The van der Waals surface area contributed by atoms with Gasteiger partial charge >= 0.3 is 0 Å². The number of hydrogen-bond donors (Lipinski definition) is 0. The fourth-order valence-electron chi connectivity index (χ4n) is 9.97. The van der Waals surface area contributed by atoms with E-state index in [1.54, 1.807) is 0 Å². The lowest BCUT2D eigenvalue weighted by Crippen LogP contribution is -2.12. The van der Waals surface area contributed by atoms with Gasteiger partial charge in [0.1, 0.15) is 11.2 Å². The van der Waals surface area contributed by atoms with Gasteiger partial charge in [0.25, 0.3) is 0 Å². The number of para-hydroxylation sites is 3. The van der Waals surface area contributed by atoms with Crippen LogP contribution >= 0.6 is 0 Å². The molecule has 0 unspecified atom stereocenters. The minimum atomic E-state index is 0.0802. The number of hydrogen-bond acceptors (Lipinski definition) is 3. The molecule has 0 radical (unpaired) electrons. The summed E-state index contributed by atoms with van der Waals surface area (Å²) in [5.74, 6) is 0. The van der Waals surface area contributed by atoms with Crippen LogP contribution in [0, 0.1) is 0 Å². The molecule has 12 aromatic rings. The maximum Gasteiger partial charge on any atom is 0.136 e. The van der Waals surface area contributed by atoms with E-state index in [1.807, 2.05) is 0 Å². The van der Waals surface area contributed by atoms with Crippen LogP contribution in [-0.4, -0.2) is 0 Å². The SMILES string of the molecule is CC(C)(C)c1ccc(-c2ccccc2N(c2ccccc2)c2ccc3cc4c(cc3c2)oc2cc3cc(N(c5ccc(-c6ccccc6)cc5)c5ccccc5-c5ccccc5)ccc3cc24)cc1. The summed E-state index contributed by atoms with van der Waals surface area (Å²) in [4.78, 5) is 4.75. The number of nitrogens with zero attached hydrogens (tertiary/aromatic N) is 2. The lowest BCUT2D eigenvalue weighted by Gasteiger charge is -2.28. The van der Waals surface area contributed by atoms with Crippen molar-refractivity contribution in [3.63, 3.8) is 0 Å². The fraction of sp³-hybridized carbons (Fsp3) is 0.0606. The van der Waals surface area contributed by atoms with Crippen LogP contribution < -0.4 is 9.80 Å². The molecule has 3 nitrogen and oxygen atoms in total. The van der Waals surface area contributed by atoms with Crippen molar-refractivity contribution < 1.29 is 4.42 Å². The molecule has 0 aliphatic heterocycles. The van der Waals surface area contributed by atoms with E-state index in [1.165, 1.54) is 33.4 Å². The molecule has 1 heterocycles. The number of rotatable bonds is 9. The predicted octanol–water partition coefficient (Wildman–Crippen LogP) is 19.1. The van der Waals surface area contributed by atoms with Gasteiger partial charge in [-0.15, -0.1) is 0 Å². The Balaban J connectivity index is 0.952. The largest absolute Gasteiger partial charge is 0.456 e. The van der Waals surface area contributed by atoms with E-state index < -0.39 is 0 Å². The lowest BCUT2D eigenvalue weighted by molar-refractivity contribution is 0.590. The van der Waals surface area contributed by atoms with Gasteiger partial charge in [-0.2, -0.15) is 0 Å². The summed E-state index contributed by atoms with van der Waals surface area (Å²) in [5, 5.41) is 6.76. The van der Waals surface area contributed by atoms with Crippen LogP contribution in [0.15, 0.2) is 253 Å². The van der Waals surface area contributed by atoms with E-state index in [-0.39, 0.29) is 5.41 Å². The molecule has 0 aliphatic carbocycles. The van der Waals surface area contributed by atoms with E-state index in [9.17, 15) is 0 Å². The Kier molecular flexibility index (Phi) is 10.4. The van der Waals surface area contributed by atoms with Gasteiger partial charge in [-0.1, -0.05) is 185 Å². The predicted molar refractivity (Wildman–Crippen MR) is 293 cm³/mol. The zero-order valence-electron chi connectivity index (χ0n) is 39.0. The molecule has 0 atom stereocenters. The van der Waals surface area contributed by atoms with E-state index in [4.69, 9.17) is 4.42 Å². The molecule has 0 N–H and O–H groups in total. The van der Waals surface area contributed by atoms with Gasteiger partial charge in [0.05, 0.1) is 11.4 Å². The third kappa shape index (κ3) is 7.88. The second-order valence-corrected chi connectivity index (χ2v) is 19.0.